The van der Waals surface area contributed by atoms with Crippen molar-refractivity contribution in [3.63, 3.8) is 0 Å². The zero-order valence-electron chi connectivity index (χ0n) is 22.8. The minimum Gasteiger partial charge on any atom is -0.462 e. The standard InChI is InChI=1S/C30H26F2N6O6/c31-18-8-11-21(20(32)12-18)38-29-23(24(36-38)17-4-2-1-3-5-17)28(33)37(15-34-29)35-13-16-6-9-19(10-7-16)43-30-27(42)26(41)25(40)22(14-39)44-30/h1-13,15,22,25-27,30,33,39-42H,14H2/b33-28?,35-13-. The lowest BCUT2D eigenvalue weighted by atomic mass is 9.99. The third kappa shape index (κ3) is 5.47. The number of nitrogens with one attached hydrogen (secondary N) is 1. The van der Waals surface area contributed by atoms with E-state index in [9.17, 15) is 29.2 Å². The number of hydrogen-bond acceptors (Lipinski definition) is 10. The van der Waals surface area contributed by atoms with Crippen LogP contribution in [0.2, 0.25) is 0 Å². The van der Waals surface area contributed by atoms with Gasteiger partial charge >= 0.3 is 0 Å². The van der Waals surface area contributed by atoms with Crippen LogP contribution in [-0.4, -0.2) is 83.4 Å². The summed E-state index contributed by atoms with van der Waals surface area (Å²) in [5.41, 5.74) is 1.69. The van der Waals surface area contributed by atoms with Gasteiger partial charge in [-0.05, 0) is 42.0 Å². The molecule has 2 aromatic heterocycles. The van der Waals surface area contributed by atoms with Gasteiger partial charge in [-0.2, -0.15) is 10.2 Å². The molecule has 3 aromatic carbocycles. The van der Waals surface area contributed by atoms with E-state index in [1.807, 2.05) is 6.07 Å². The van der Waals surface area contributed by atoms with Crippen LogP contribution in [0.15, 0.2) is 84.2 Å². The highest BCUT2D eigenvalue weighted by Gasteiger charge is 2.44. The Morgan fingerprint density at radius 2 is 1.73 bits per heavy atom. The molecule has 5 aromatic rings. The zero-order chi connectivity index (χ0) is 31.0. The minimum absolute atomic E-state index is 0.0299. The highest BCUT2D eigenvalue weighted by Crippen LogP contribution is 2.28. The molecule has 3 heterocycles. The van der Waals surface area contributed by atoms with Crippen molar-refractivity contribution in [1.29, 1.82) is 5.41 Å². The van der Waals surface area contributed by atoms with Gasteiger partial charge in [-0.3, -0.25) is 5.41 Å². The Morgan fingerprint density at radius 1 is 0.977 bits per heavy atom. The highest BCUT2D eigenvalue weighted by molar-refractivity contribution is 5.91. The van der Waals surface area contributed by atoms with E-state index in [0.717, 1.165) is 12.1 Å². The molecule has 1 fully saturated rings. The van der Waals surface area contributed by atoms with E-state index in [2.05, 4.69) is 15.2 Å². The monoisotopic (exact) mass is 604 g/mol. The lowest BCUT2D eigenvalue weighted by Crippen LogP contribution is -2.60. The summed E-state index contributed by atoms with van der Waals surface area (Å²) in [6.45, 7) is -0.576. The van der Waals surface area contributed by atoms with Gasteiger partial charge in [0.25, 0.3) is 0 Å². The van der Waals surface area contributed by atoms with E-state index >= 15 is 0 Å². The fraction of sp³-hybridized carbons (Fsp3) is 0.200. The molecule has 5 unspecified atom stereocenters. The van der Waals surface area contributed by atoms with E-state index < -0.39 is 48.9 Å². The van der Waals surface area contributed by atoms with Gasteiger partial charge in [0.15, 0.2) is 17.0 Å². The van der Waals surface area contributed by atoms with E-state index in [0.29, 0.717) is 22.2 Å². The van der Waals surface area contributed by atoms with Crippen LogP contribution in [0.5, 0.6) is 5.75 Å². The molecule has 0 radical (unpaired) electrons. The fourth-order valence-corrected chi connectivity index (χ4v) is 4.79. The molecule has 5 atom stereocenters. The fourth-order valence-electron chi connectivity index (χ4n) is 4.79. The molecule has 0 amide bonds. The van der Waals surface area contributed by atoms with Gasteiger partial charge < -0.3 is 29.9 Å². The molecular formula is C30H26F2N6O6. The SMILES string of the molecule is N=c1c2c(-c3ccccc3)nn(-c3ccc(F)cc3F)c2ncn1/N=C\c1ccc(OC2OC(CO)C(O)C(O)C2O)cc1. The molecular weight excluding hydrogens is 578 g/mol. The lowest BCUT2D eigenvalue weighted by molar-refractivity contribution is -0.277. The molecule has 44 heavy (non-hydrogen) atoms. The first-order chi connectivity index (χ1) is 21.2. The molecule has 0 bridgehead atoms. The van der Waals surface area contributed by atoms with Gasteiger partial charge in [0.1, 0.15) is 53.7 Å². The quantitative estimate of drug-likeness (QED) is 0.175. The minimum atomic E-state index is -1.57. The summed E-state index contributed by atoms with van der Waals surface area (Å²) in [6.07, 6.45) is -4.29. The maximum Gasteiger partial charge on any atom is 0.229 e. The van der Waals surface area contributed by atoms with Gasteiger partial charge in [0.05, 0.1) is 18.2 Å². The van der Waals surface area contributed by atoms with Crippen molar-refractivity contribution in [3.05, 3.63) is 102 Å². The summed E-state index contributed by atoms with van der Waals surface area (Å²) in [5, 5.41) is 57.6. The second-order valence-electron chi connectivity index (χ2n) is 9.99. The molecule has 14 heteroatoms. The number of aromatic nitrogens is 4. The average Bonchev–Trinajstić information content (AvgIpc) is 3.42. The van der Waals surface area contributed by atoms with Crippen LogP contribution in [-0.2, 0) is 4.74 Å². The molecule has 6 rings (SSSR count). The number of ether oxygens (including phenoxy) is 2. The number of fused-ring (bicyclic) bond motifs is 1. The number of aliphatic hydroxyl groups excluding tert-OH is 4. The largest absolute Gasteiger partial charge is 0.462 e. The maximum absolute atomic E-state index is 14.7. The average molecular weight is 605 g/mol. The summed E-state index contributed by atoms with van der Waals surface area (Å²) in [6, 6.07) is 18.5. The van der Waals surface area contributed by atoms with Crippen LogP contribution >= 0.6 is 0 Å². The van der Waals surface area contributed by atoms with Crippen molar-refractivity contribution in [2.45, 2.75) is 30.7 Å². The van der Waals surface area contributed by atoms with Crippen molar-refractivity contribution in [2.75, 3.05) is 6.61 Å². The number of nitrogens with zero attached hydrogens (tertiary/aromatic N) is 5. The number of aliphatic hydroxyl groups is 4. The summed E-state index contributed by atoms with van der Waals surface area (Å²) in [5.74, 6) is -1.30. The van der Waals surface area contributed by atoms with Gasteiger partial charge in [0.2, 0.25) is 6.29 Å². The van der Waals surface area contributed by atoms with Crippen LogP contribution in [0, 0.1) is 17.0 Å². The van der Waals surface area contributed by atoms with Gasteiger partial charge in [-0.25, -0.2) is 23.1 Å². The third-order valence-electron chi connectivity index (χ3n) is 7.11. The predicted molar refractivity (Wildman–Crippen MR) is 152 cm³/mol. The third-order valence-corrected chi connectivity index (χ3v) is 7.11. The Bertz CT molecular complexity index is 1880. The number of hydrogen-bond donors (Lipinski definition) is 5. The van der Waals surface area contributed by atoms with Crippen LogP contribution in [0.3, 0.4) is 0 Å². The molecule has 0 saturated carbocycles. The van der Waals surface area contributed by atoms with Crippen LogP contribution < -0.4 is 10.2 Å². The number of halogens is 2. The maximum atomic E-state index is 14.7. The van der Waals surface area contributed by atoms with Crippen LogP contribution in [0.4, 0.5) is 8.78 Å². The van der Waals surface area contributed by atoms with Crippen molar-refractivity contribution < 1.29 is 38.7 Å². The van der Waals surface area contributed by atoms with Gasteiger partial charge in [0, 0.05) is 11.6 Å². The molecule has 226 valence electrons. The lowest BCUT2D eigenvalue weighted by Gasteiger charge is -2.39. The summed E-state index contributed by atoms with van der Waals surface area (Å²) in [7, 11) is 0. The first kappa shape index (κ1) is 29.2. The summed E-state index contributed by atoms with van der Waals surface area (Å²) in [4.78, 5) is 4.41. The zero-order valence-corrected chi connectivity index (χ0v) is 22.8. The molecule has 12 nitrogen and oxygen atoms in total. The number of benzene rings is 3. The molecule has 1 aliphatic rings. The Labute approximate surface area is 247 Å². The molecule has 1 aliphatic heterocycles. The Balaban J connectivity index is 1.30. The van der Waals surface area contributed by atoms with E-state index in [1.165, 1.54) is 28.0 Å². The number of rotatable bonds is 7. The Kier molecular flexibility index (Phi) is 7.99. The van der Waals surface area contributed by atoms with Gasteiger partial charge in [-0.15, -0.1) is 0 Å². The molecule has 5 N–H and O–H groups in total. The van der Waals surface area contributed by atoms with E-state index in [4.69, 9.17) is 14.9 Å². The second kappa shape index (κ2) is 12.0. The van der Waals surface area contributed by atoms with Crippen LogP contribution in [0.1, 0.15) is 5.56 Å². The Hall–Kier alpha value is -4.86. The second-order valence-corrected chi connectivity index (χ2v) is 9.99. The first-order valence-corrected chi connectivity index (χ1v) is 13.4. The van der Waals surface area contributed by atoms with E-state index in [1.54, 1.807) is 48.5 Å². The van der Waals surface area contributed by atoms with Crippen molar-refractivity contribution in [3.8, 4) is 22.7 Å². The predicted octanol–water partition coefficient (Wildman–Crippen LogP) is 1.71. The van der Waals surface area contributed by atoms with Crippen molar-refractivity contribution in [2.24, 2.45) is 5.10 Å². The van der Waals surface area contributed by atoms with Crippen molar-refractivity contribution >= 4 is 17.2 Å². The summed E-state index contributed by atoms with van der Waals surface area (Å²) < 4.78 is 41.8. The molecule has 1 saturated heterocycles. The smallest absolute Gasteiger partial charge is 0.229 e. The van der Waals surface area contributed by atoms with Gasteiger partial charge in [-0.1, -0.05) is 30.3 Å². The normalized spacial score (nSPS) is 22.1. The molecule has 0 spiro atoms. The van der Waals surface area contributed by atoms with Crippen LogP contribution in [0.25, 0.3) is 28.0 Å². The Morgan fingerprint density at radius 3 is 2.43 bits per heavy atom. The molecule has 0 aliphatic carbocycles. The van der Waals surface area contributed by atoms with E-state index in [-0.39, 0.29) is 22.6 Å². The first-order valence-electron chi connectivity index (χ1n) is 13.4. The van der Waals surface area contributed by atoms with Crippen molar-refractivity contribution in [1.82, 2.24) is 19.4 Å². The topological polar surface area (TPSA) is 171 Å². The highest BCUT2D eigenvalue weighted by atomic mass is 19.1. The summed E-state index contributed by atoms with van der Waals surface area (Å²) >= 11 is 0.